The number of nitrogens with zero attached hydrogens (tertiary/aromatic N) is 3. The number of hydrogen-bond donors (Lipinski definition) is 0. The highest BCUT2D eigenvalue weighted by molar-refractivity contribution is 7.89. The van der Waals surface area contributed by atoms with Crippen molar-refractivity contribution in [1.82, 2.24) is 14.2 Å². The lowest BCUT2D eigenvalue weighted by molar-refractivity contribution is 0.0455. The van der Waals surface area contributed by atoms with Gasteiger partial charge in [0.25, 0.3) is 0 Å². The highest BCUT2D eigenvalue weighted by atomic mass is 35.5. The Balaban J connectivity index is 2.24. The average molecular weight is 318 g/mol. The van der Waals surface area contributed by atoms with Crippen molar-refractivity contribution in [3.8, 4) is 0 Å². The number of halogens is 1. The van der Waals surface area contributed by atoms with E-state index in [2.05, 4.69) is 9.88 Å². The summed E-state index contributed by atoms with van der Waals surface area (Å²) in [6.07, 6.45) is 5.95. The van der Waals surface area contributed by atoms with Gasteiger partial charge in [0.15, 0.2) is 0 Å². The monoisotopic (exact) mass is 317 g/mol. The Kier molecular flexibility index (Phi) is 4.39. The van der Waals surface area contributed by atoms with Gasteiger partial charge in [0, 0.05) is 31.5 Å². The fourth-order valence-electron chi connectivity index (χ4n) is 2.55. The van der Waals surface area contributed by atoms with E-state index >= 15 is 0 Å². The number of hydrogen-bond acceptors (Lipinski definition) is 4. The van der Waals surface area contributed by atoms with Crippen molar-refractivity contribution in [3.05, 3.63) is 23.5 Å². The normalized spacial score (nSPS) is 18.3. The smallest absolute Gasteiger partial charge is 0.245 e. The number of sulfonamides is 1. The van der Waals surface area contributed by atoms with Crippen LogP contribution in [0.5, 0.6) is 0 Å². The van der Waals surface area contributed by atoms with Crippen LogP contribution >= 0.6 is 11.6 Å². The van der Waals surface area contributed by atoms with E-state index < -0.39 is 10.0 Å². The summed E-state index contributed by atoms with van der Waals surface area (Å²) in [5.74, 6) is 0. The Morgan fingerprint density at radius 1 is 1.35 bits per heavy atom. The molecule has 1 aromatic rings. The van der Waals surface area contributed by atoms with E-state index in [4.69, 9.17) is 11.6 Å². The molecule has 0 aromatic carbocycles. The van der Waals surface area contributed by atoms with Gasteiger partial charge in [-0.2, -0.15) is 4.31 Å². The Hall–Kier alpha value is -0.690. The van der Waals surface area contributed by atoms with Gasteiger partial charge >= 0.3 is 0 Å². The van der Waals surface area contributed by atoms with Gasteiger partial charge in [-0.1, -0.05) is 11.6 Å². The summed E-state index contributed by atoms with van der Waals surface area (Å²) in [7, 11) is 1.99. The first-order valence-corrected chi connectivity index (χ1v) is 8.35. The van der Waals surface area contributed by atoms with Crippen LogP contribution < -0.4 is 0 Å². The summed E-state index contributed by atoms with van der Waals surface area (Å²) < 4.78 is 26.5. The molecule has 0 radical (unpaired) electrons. The van der Waals surface area contributed by atoms with Crippen LogP contribution in [0.1, 0.15) is 19.3 Å². The maximum absolute atomic E-state index is 12.6. The van der Waals surface area contributed by atoms with E-state index in [-0.39, 0.29) is 15.5 Å². The highest BCUT2D eigenvalue weighted by Crippen LogP contribution is 2.37. The van der Waals surface area contributed by atoms with Crippen molar-refractivity contribution in [1.29, 1.82) is 0 Å². The molecule has 0 atom stereocenters. The van der Waals surface area contributed by atoms with Gasteiger partial charge < -0.3 is 4.90 Å². The molecule has 2 rings (SSSR count). The molecule has 0 bridgehead atoms. The van der Waals surface area contributed by atoms with Crippen LogP contribution in [0.15, 0.2) is 23.4 Å². The maximum atomic E-state index is 12.6. The van der Waals surface area contributed by atoms with Gasteiger partial charge in [0.05, 0.1) is 5.02 Å². The molecule has 5 nitrogen and oxygen atoms in total. The molecule has 1 aromatic heterocycles. The molecule has 112 valence electrons. The third-order valence-corrected chi connectivity index (χ3v) is 6.44. The first-order valence-electron chi connectivity index (χ1n) is 6.53. The van der Waals surface area contributed by atoms with Crippen molar-refractivity contribution in [2.24, 2.45) is 0 Å². The zero-order valence-electron chi connectivity index (χ0n) is 12.0. The average Bonchev–Trinajstić information content (AvgIpc) is 2.33. The van der Waals surface area contributed by atoms with E-state index in [1.807, 2.05) is 14.1 Å². The second-order valence-electron chi connectivity index (χ2n) is 5.54. The molecule has 1 saturated carbocycles. The molecule has 0 aliphatic heterocycles. The van der Waals surface area contributed by atoms with E-state index in [1.54, 1.807) is 7.05 Å². The Bertz CT molecular complexity index is 585. The fourth-order valence-corrected chi connectivity index (χ4v) is 4.20. The van der Waals surface area contributed by atoms with E-state index in [9.17, 15) is 8.42 Å². The van der Waals surface area contributed by atoms with Crippen LogP contribution in [-0.2, 0) is 10.0 Å². The van der Waals surface area contributed by atoms with E-state index in [0.717, 1.165) is 19.3 Å². The summed E-state index contributed by atoms with van der Waals surface area (Å²) in [5.41, 5.74) is -0.0590. The number of aromatic nitrogens is 1. The molecular weight excluding hydrogens is 298 g/mol. The van der Waals surface area contributed by atoms with Crippen LogP contribution in [0.3, 0.4) is 0 Å². The Morgan fingerprint density at radius 2 is 2.00 bits per heavy atom. The summed E-state index contributed by atoms with van der Waals surface area (Å²) in [4.78, 5) is 6.04. The second-order valence-corrected chi connectivity index (χ2v) is 7.96. The number of pyridine rings is 1. The molecule has 1 heterocycles. The quantitative estimate of drug-likeness (QED) is 0.831. The highest BCUT2D eigenvalue weighted by Gasteiger charge is 2.42. The molecule has 0 amide bonds. The molecule has 0 saturated heterocycles. The van der Waals surface area contributed by atoms with E-state index in [1.165, 1.54) is 22.8 Å². The van der Waals surface area contributed by atoms with Crippen molar-refractivity contribution in [3.63, 3.8) is 0 Å². The molecule has 1 fully saturated rings. The molecule has 7 heteroatoms. The van der Waals surface area contributed by atoms with Gasteiger partial charge in [-0.05, 0) is 39.4 Å². The zero-order chi connectivity index (χ0) is 15.0. The fraction of sp³-hybridized carbons (Fsp3) is 0.615. The number of likely N-dealkylation sites (N-methyl/N-ethyl adjacent to an activating group) is 2. The molecule has 0 unspecified atom stereocenters. The predicted octanol–water partition coefficient (Wildman–Crippen LogP) is 1.84. The van der Waals surface area contributed by atoms with Crippen LogP contribution in [-0.4, -0.2) is 55.8 Å². The number of rotatable bonds is 5. The maximum Gasteiger partial charge on any atom is 0.245 e. The lowest BCUT2D eigenvalue weighted by Gasteiger charge is -2.48. The molecule has 20 heavy (non-hydrogen) atoms. The van der Waals surface area contributed by atoms with Gasteiger partial charge in [-0.25, -0.2) is 8.42 Å². The minimum absolute atomic E-state index is 0.0590. The van der Waals surface area contributed by atoms with Gasteiger partial charge in [0.1, 0.15) is 4.90 Å². The van der Waals surface area contributed by atoms with Crippen molar-refractivity contribution < 1.29 is 8.42 Å². The van der Waals surface area contributed by atoms with Crippen molar-refractivity contribution in [2.75, 3.05) is 27.7 Å². The second kappa shape index (κ2) is 5.60. The summed E-state index contributed by atoms with van der Waals surface area (Å²) in [6.45, 7) is 0.466. The minimum Gasteiger partial charge on any atom is -0.302 e. The molecule has 1 aliphatic rings. The third kappa shape index (κ3) is 2.70. The van der Waals surface area contributed by atoms with Crippen LogP contribution in [0.2, 0.25) is 5.02 Å². The van der Waals surface area contributed by atoms with Gasteiger partial charge in [0.2, 0.25) is 10.0 Å². The summed E-state index contributed by atoms with van der Waals surface area (Å²) in [6, 6.07) is 1.49. The summed E-state index contributed by atoms with van der Waals surface area (Å²) >= 11 is 5.98. The molecule has 0 spiro atoms. The van der Waals surface area contributed by atoms with Crippen LogP contribution in [0.25, 0.3) is 0 Å². The Morgan fingerprint density at radius 3 is 2.45 bits per heavy atom. The molecular formula is C13H20ClN3O2S. The van der Waals surface area contributed by atoms with Crippen LogP contribution in [0, 0.1) is 0 Å². The topological polar surface area (TPSA) is 53.5 Å². The van der Waals surface area contributed by atoms with Crippen LogP contribution in [0.4, 0.5) is 0 Å². The lowest BCUT2D eigenvalue weighted by atomic mass is 9.75. The minimum atomic E-state index is -3.60. The first-order chi connectivity index (χ1) is 9.29. The lowest BCUT2D eigenvalue weighted by Crippen LogP contribution is -2.57. The molecule has 0 N–H and O–H groups in total. The van der Waals surface area contributed by atoms with E-state index in [0.29, 0.717) is 6.54 Å². The van der Waals surface area contributed by atoms with Crippen molar-refractivity contribution in [2.45, 2.75) is 29.7 Å². The van der Waals surface area contributed by atoms with Crippen molar-refractivity contribution >= 4 is 21.6 Å². The standard InChI is InChI=1S/C13H20ClN3O2S/c1-16(2)13(6-4-7-13)10-17(3)20(18,19)12-9-15-8-5-11(12)14/h5,8-9H,4,6-7,10H2,1-3H3. The molecule has 1 aliphatic carbocycles. The Labute approximate surface area is 125 Å². The SMILES string of the molecule is CN(C)C1(CN(C)S(=O)(=O)c2cnccc2Cl)CCC1. The third-order valence-electron chi connectivity index (χ3n) is 4.17. The predicted molar refractivity (Wildman–Crippen MR) is 79.3 cm³/mol. The van der Waals surface area contributed by atoms with Gasteiger partial charge in [-0.3, -0.25) is 4.98 Å². The first kappa shape index (κ1) is 15.7. The zero-order valence-corrected chi connectivity index (χ0v) is 13.6. The summed E-state index contributed by atoms with van der Waals surface area (Å²) in [5, 5.41) is 0.208. The van der Waals surface area contributed by atoms with Gasteiger partial charge in [-0.15, -0.1) is 0 Å². The largest absolute Gasteiger partial charge is 0.302 e.